The second-order valence-corrected chi connectivity index (χ2v) is 11.7. The van der Waals surface area contributed by atoms with Crippen molar-refractivity contribution in [1.29, 1.82) is 5.26 Å². The number of pyridine rings is 1. The van der Waals surface area contributed by atoms with Gasteiger partial charge in [-0.3, -0.25) is 4.79 Å². The van der Waals surface area contributed by atoms with E-state index in [9.17, 15) is 10.1 Å². The van der Waals surface area contributed by atoms with Crippen molar-refractivity contribution in [2.24, 2.45) is 24.6 Å². The van der Waals surface area contributed by atoms with Crippen LogP contribution in [0.2, 0.25) is 0 Å². The minimum absolute atomic E-state index is 0.264. The summed E-state index contributed by atoms with van der Waals surface area (Å²) in [5.74, 6) is 1.43. The Hall–Kier alpha value is -4.19. The van der Waals surface area contributed by atoms with Gasteiger partial charge in [-0.25, -0.2) is 4.98 Å². The first kappa shape index (κ1) is 26.1. The Balaban J connectivity index is 1.41. The van der Waals surface area contributed by atoms with Gasteiger partial charge in [0.2, 0.25) is 0 Å². The lowest BCUT2D eigenvalue weighted by molar-refractivity contribution is 0.100. The van der Waals surface area contributed by atoms with Gasteiger partial charge in [-0.1, -0.05) is 25.0 Å². The molecule has 0 unspecified atom stereocenters. The van der Waals surface area contributed by atoms with E-state index in [1.54, 1.807) is 12.5 Å². The fourth-order valence-electron chi connectivity index (χ4n) is 7.17. The number of fused-ring (bicyclic) bond motifs is 1. The number of imidazole rings is 1. The van der Waals surface area contributed by atoms with Crippen LogP contribution in [0.4, 0.5) is 5.69 Å². The predicted octanol–water partition coefficient (Wildman–Crippen LogP) is 4.76. The molecule has 0 bridgehead atoms. The lowest BCUT2D eigenvalue weighted by Crippen LogP contribution is -2.44. The minimum atomic E-state index is -0.474. The molecule has 1 aromatic carbocycles. The van der Waals surface area contributed by atoms with E-state index in [1.165, 1.54) is 31.2 Å². The highest BCUT2D eigenvalue weighted by molar-refractivity contribution is 5.98. The quantitative estimate of drug-likeness (QED) is 0.330. The van der Waals surface area contributed by atoms with Crippen LogP contribution in [0.3, 0.4) is 0 Å². The molecule has 2 N–H and O–H groups in total. The maximum atomic E-state index is 12.3. The highest BCUT2D eigenvalue weighted by Crippen LogP contribution is 2.53. The molecular weight excluding hydrogens is 500 g/mol. The molecular formula is C31H36N8O. The number of rotatable bonds is 9. The molecule has 4 aromatic rings. The number of primary amides is 1. The second kappa shape index (κ2) is 10.4. The molecule has 0 aliphatic heterocycles. The summed E-state index contributed by atoms with van der Waals surface area (Å²) in [5, 5.41) is 18.1. The van der Waals surface area contributed by atoms with Crippen molar-refractivity contribution < 1.29 is 4.79 Å². The molecule has 0 saturated heterocycles. The van der Waals surface area contributed by atoms with Gasteiger partial charge in [0.25, 0.3) is 5.91 Å². The lowest BCUT2D eigenvalue weighted by Gasteiger charge is -2.47. The molecule has 3 aromatic heterocycles. The molecule has 3 heterocycles. The number of carbonyl (C=O) groups excluding carboxylic acids is 1. The van der Waals surface area contributed by atoms with Crippen LogP contribution in [-0.2, 0) is 19.0 Å². The monoisotopic (exact) mass is 536 g/mol. The minimum Gasteiger partial charge on any atom is -0.365 e. The van der Waals surface area contributed by atoms with Crippen LogP contribution in [-0.4, -0.2) is 36.1 Å². The normalized spacial score (nSPS) is 21.7. The first-order valence-electron chi connectivity index (χ1n) is 14.2. The van der Waals surface area contributed by atoms with E-state index in [0.29, 0.717) is 42.1 Å². The van der Waals surface area contributed by atoms with Gasteiger partial charge in [0, 0.05) is 50.3 Å². The van der Waals surface area contributed by atoms with Crippen LogP contribution < -0.4 is 10.6 Å². The van der Waals surface area contributed by atoms with Crippen LogP contribution in [0.15, 0.2) is 55.2 Å². The van der Waals surface area contributed by atoms with E-state index < -0.39 is 5.91 Å². The molecule has 2 aliphatic rings. The summed E-state index contributed by atoms with van der Waals surface area (Å²) in [6.07, 6.45) is 14.7. The fourth-order valence-corrected chi connectivity index (χ4v) is 7.17. The van der Waals surface area contributed by atoms with E-state index >= 15 is 0 Å². The number of nitrogens with two attached hydrogens (primary N) is 1. The third kappa shape index (κ3) is 4.51. The van der Waals surface area contributed by atoms with Crippen molar-refractivity contribution in [2.45, 2.75) is 69.9 Å². The summed E-state index contributed by atoms with van der Waals surface area (Å²) in [5.41, 5.74) is 9.87. The largest absolute Gasteiger partial charge is 0.365 e. The Kier molecular flexibility index (Phi) is 6.78. The molecule has 0 radical (unpaired) electrons. The average molecular weight is 537 g/mol. The predicted molar refractivity (Wildman–Crippen MR) is 152 cm³/mol. The van der Waals surface area contributed by atoms with Crippen LogP contribution >= 0.6 is 0 Å². The Bertz CT molecular complexity index is 1570. The zero-order valence-corrected chi connectivity index (χ0v) is 23.2. The first-order chi connectivity index (χ1) is 19.4. The van der Waals surface area contributed by atoms with Gasteiger partial charge in [-0.15, -0.1) is 10.2 Å². The topological polar surface area (TPSA) is 118 Å². The molecule has 9 heteroatoms. The van der Waals surface area contributed by atoms with E-state index in [0.717, 1.165) is 29.9 Å². The smallest absolute Gasteiger partial charge is 0.252 e. The number of aryl methyl sites for hydroxylation is 1. The summed E-state index contributed by atoms with van der Waals surface area (Å²) in [7, 11) is 2.00. The molecule has 6 rings (SSSR count). The zero-order valence-electron chi connectivity index (χ0n) is 23.2. The number of amides is 1. The Labute approximate surface area is 234 Å². The van der Waals surface area contributed by atoms with E-state index in [1.807, 2.05) is 34.5 Å². The maximum Gasteiger partial charge on any atom is 0.252 e. The highest BCUT2D eigenvalue weighted by atomic mass is 16.1. The summed E-state index contributed by atoms with van der Waals surface area (Å²) in [4.78, 5) is 19.1. The molecule has 0 spiro atoms. The van der Waals surface area contributed by atoms with Crippen molar-refractivity contribution in [3.63, 3.8) is 0 Å². The van der Waals surface area contributed by atoms with Crippen molar-refractivity contribution in [3.05, 3.63) is 77.8 Å². The third-order valence-electron chi connectivity index (χ3n) is 9.26. The van der Waals surface area contributed by atoms with Crippen molar-refractivity contribution in [2.75, 3.05) is 4.90 Å². The number of hydrogen-bond acceptors (Lipinski definition) is 6. The Morgan fingerprint density at radius 1 is 1.27 bits per heavy atom. The molecule has 40 heavy (non-hydrogen) atoms. The van der Waals surface area contributed by atoms with Crippen LogP contribution in [0.25, 0.3) is 5.65 Å². The van der Waals surface area contributed by atoms with Gasteiger partial charge in [0.05, 0.1) is 17.0 Å². The van der Waals surface area contributed by atoms with Crippen molar-refractivity contribution in [1.82, 2.24) is 24.1 Å². The second-order valence-electron chi connectivity index (χ2n) is 11.7. The lowest BCUT2D eigenvalue weighted by atomic mass is 9.57. The summed E-state index contributed by atoms with van der Waals surface area (Å²) in [6, 6.07) is 13.4. The molecule has 2 aliphatic carbocycles. The van der Waals surface area contributed by atoms with Gasteiger partial charge < -0.3 is 19.6 Å². The Morgan fingerprint density at radius 2 is 2.08 bits per heavy atom. The summed E-state index contributed by atoms with van der Waals surface area (Å²) >= 11 is 0. The maximum absolute atomic E-state index is 12.3. The van der Waals surface area contributed by atoms with Crippen LogP contribution in [0.5, 0.6) is 0 Å². The van der Waals surface area contributed by atoms with Gasteiger partial charge in [-0.2, -0.15) is 5.26 Å². The standard InChI is InChI=1S/C31H36N8O/c1-21(24-6-3-4-7-24)39(19-23-14-27(28(33)40)29-34-12-13-38(29)18-23)26-9-5-8-25(15-26)31(16-22(17-31)10-11-32)30-36-35-20-37(30)2/h5,8-9,12-15,18,20-22,24H,3-4,6-7,10,16-17,19H2,1-2H3,(H2,33,40)/t21-,22?,31?/m0/s1. The number of nitrogens with zero attached hydrogens (tertiary/aromatic N) is 7. The fraction of sp³-hybridized carbons (Fsp3) is 0.452. The highest BCUT2D eigenvalue weighted by Gasteiger charge is 2.49. The number of nitriles is 1. The first-order valence-corrected chi connectivity index (χ1v) is 14.2. The average Bonchev–Trinajstić information content (AvgIpc) is 3.71. The molecule has 2 saturated carbocycles. The molecule has 1 atom stereocenters. The van der Waals surface area contributed by atoms with E-state index in [-0.39, 0.29) is 5.41 Å². The van der Waals surface area contributed by atoms with Crippen molar-refractivity contribution in [3.8, 4) is 6.07 Å². The van der Waals surface area contributed by atoms with Gasteiger partial charge >= 0.3 is 0 Å². The van der Waals surface area contributed by atoms with Gasteiger partial charge in [0.1, 0.15) is 17.8 Å². The van der Waals surface area contributed by atoms with Crippen LogP contribution in [0, 0.1) is 23.2 Å². The Morgan fingerprint density at radius 3 is 2.77 bits per heavy atom. The number of anilines is 1. The molecule has 2 fully saturated rings. The number of carbonyl (C=O) groups is 1. The van der Waals surface area contributed by atoms with Gasteiger partial charge in [-0.05, 0) is 73.8 Å². The molecule has 1 amide bonds. The van der Waals surface area contributed by atoms with E-state index in [2.05, 4.69) is 57.3 Å². The molecule has 9 nitrogen and oxygen atoms in total. The number of benzene rings is 1. The van der Waals surface area contributed by atoms with Crippen molar-refractivity contribution >= 4 is 17.2 Å². The zero-order chi connectivity index (χ0) is 27.9. The number of aromatic nitrogens is 5. The summed E-state index contributed by atoms with van der Waals surface area (Å²) < 4.78 is 3.90. The SMILES string of the molecule is C[C@@H](C1CCCC1)N(Cc1cc(C(N)=O)c2nccn2c1)c1cccc(C2(c3nncn3C)CC(CC#N)C2)c1. The van der Waals surface area contributed by atoms with Crippen LogP contribution in [0.1, 0.15) is 79.2 Å². The van der Waals surface area contributed by atoms with E-state index in [4.69, 9.17) is 5.73 Å². The molecule has 206 valence electrons. The van der Waals surface area contributed by atoms with Gasteiger partial charge in [0.15, 0.2) is 0 Å². The third-order valence-corrected chi connectivity index (χ3v) is 9.26. The number of hydrogen-bond donors (Lipinski definition) is 1. The summed E-state index contributed by atoms with van der Waals surface area (Å²) in [6.45, 7) is 2.97.